The normalized spacial score (nSPS) is 22.0. The Bertz CT molecular complexity index is 1260. The number of nitrogens with zero attached hydrogens (tertiary/aromatic N) is 2. The Morgan fingerprint density at radius 1 is 1.32 bits per heavy atom. The Kier molecular flexibility index (Phi) is 6.43. The molecule has 0 saturated carbocycles. The van der Waals surface area contributed by atoms with Gasteiger partial charge in [0.1, 0.15) is 11.9 Å². The molecule has 0 radical (unpaired) electrons. The first-order chi connectivity index (χ1) is 16.1. The summed E-state index contributed by atoms with van der Waals surface area (Å²) in [5.41, 5.74) is 1.97. The number of halogens is 1. The first kappa shape index (κ1) is 24.2. The van der Waals surface area contributed by atoms with Gasteiger partial charge >= 0.3 is 0 Å². The van der Waals surface area contributed by atoms with Crippen molar-refractivity contribution < 1.29 is 22.4 Å². The number of carbonyl (C=O) groups excluding carboxylic acids is 2. The summed E-state index contributed by atoms with van der Waals surface area (Å²) in [7, 11) is -1.91. The van der Waals surface area contributed by atoms with Crippen molar-refractivity contribution in [3.63, 3.8) is 0 Å². The van der Waals surface area contributed by atoms with Crippen LogP contribution >= 0.6 is 0 Å². The fourth-order valence-corrected chi connectivity index (χ4v) is 5.87. The highest BCUT2D eigenvalue weighted by molar-refractivity contribution is 7.88. The number of nitrogens with one attached hydrogen (secondary N) is 3. The minimum absolute atomic E-state index is 0.251. The topological polar surface area (TPSA) is 115 Å². The summed E-state index contributed by atoms with van der Waals surface area (Å²) in [5.74, 6) is -0.914. The van der Waals surface area contributed by atoms with E-state index in [1.807, 2.05) is 6.92 Å². The Morgan fingerprint density at radius 3 is 2.71 bits per heavy atom. The molecule has 1 aromatic heterocycles. The van der Waals surface area contributed by atoms with Gasteiger partial charge in [-0.3, -0.25) is 13.9 Å². The van der Waals surface area contributed by atoms with Crippen LogP contribution in [0, 0.1) is 5.82 Å². The van der Waals surface area contributed by atoms with Crippen molar-refractivity contribution in [3.05, 3.63) is 42.0 Å². The fraction of sp³-hybridized carbons (Fsp3) is 0.478. The van der Waals surface area contributed by atoms with Crippen molar-refractivity contribution >= 4 is 38.3 Å². The number of hydrogen-bond donors (Lipinski definition) is 3. The van der Waals surface area contributed by atoms with Crippen molar-refractivity contribution in [3.8, 4) is 0 Å². The third kappa shape index (κ3) is 4.18. The number of H-pyrrole nitrogens is 1. The summed E-state index contributed by atoms with van der Waals surface area (Å²) in [6.45, 7) is 3.89. The minimum Gasteiger partial charge on any atom is -0.360 e. The predicted octanol–water partition coefficient (Wildman–Crippen LogP) is 1.40. The number of benzene rings is 1. The van der Waals surface area contributed by atoms with E-state index in [9.17, 15) is 22.4 Å². The standard InChI is InChI=1S/C23H30FN5O4S/c1-5-18(27-22(30)13(2)25-3)23(31)28-9-8-20-21(28)17(12-29(20)34(4,32)33)16-11-26-19-10-14(24)6-7-15(16)19/h6-7,10-13,18,20-21,25-26H,5,8-9H2,1-4H3,(H,27,30). The second kappa shape index (κ2) is 9.03. The van der Waals surface area contributed by atoms with Crippen LogP contribution in [0.2, 0.25) is 0 Å². The highest BCUT2D eigenvalue weighted by Crippen LogP contribution is 2.42. The Balaban J connectivity index is 1.72. The van der Waals surface area contributed by atoms with E-state index in [-0.39, 0.29) is 17.6 Å². The summed E-state index contributed by atoms with van der Waals surface area (Å²) in [6.07, 6.45) is 5.31. The van der Waals surface area contributed by atoms with Gasteiger partial charge in [-0.1, -0.05) is 6.92 Å². The number of fused-ring (bicyclic) bond motifs is 2. The van der Waals surface area contributed by atoms with E-state index < -0.39 is 34.2 Å². The maximum Gasteiger partial charge on any atom is 0.245 e. The van der Waals surface area contributed by atoms with E-state index in [1.54, 1.807) is 37.3 Å². The van der Waals surface area contributed by atoms with Crippen LogP contribution in [0.1, 0.15) is 32.3 Å². The molecule has 4 unspecified atom stereocenters. The van der Waals surface area contributed by atoms with Crippen molar-refractivity contribution in [2.45, 2.75) is 50.9 Å². The number of sulfonamides is 1. The van der Waals surface area contributed by atoms with Crippen LogP contribution in [0.25, 0.3) is 16.5 Å². The molecule has 3 heterocycles. The molecular formula is C23H30FN5O4S. The maximum absolute atomic E-state index is 13.7. The monoisotopic (exact) mass is 491 g/mol. The molecule has 2 amide bonds. The summed E-state index contributed by atoms with van der Waals surface area (Å²) >= 11 is 0. The van der Waals surface area contributed by atoms with E-state index in [0.29, 0.717) is 30.5 Å². The zero-order chi connectivity index (χ0) is 24.8. The molecule has 1 fully saturated rings. The van der Waals surface area contributed by atoms with E-state index in [2.05, 4.69) is 15.6 Å². The highest BCUT2D eigenvalue weighted by Gasteiger charge is 2.50. The van der Waals surface area contributed by atoms with Gasteiger partial charge in [0.2, 0.25) is 21.8 Å². The molecule has 2 aromatic rings. The number of hydrogen-bond acceptors (Lipinski definition) is 5. The van der Waals surface area contributed by atoms with Crippen LogP contribution in [-0.4, -0.2) is 78.4 Å². The third-order valence-electron chi connectivity index (χ3n) is 6.75. The van der Waals surface area contributed by atoms with Gasteiger partial charge in [0.25, 0.3) is 0 Å². The van der Waals surface area contributed by atoms with Gasteiger partial charge in [0, 0.05) is 41.0 Å². The van der Waals surface area contributed by atoms with E-state index in [1.165, 1.54) is 16.4 Å². The molecule has 1 aromatic carbocycles. The van der Waals surface area contributed by atoms with Crippen molar-refractivity contribution in [1.29, 1.82) is 0 Å². The quantitative estimate of drug-likeness (QED) is 0.542. The van der Waals surface area contributed by atoms with Crippen LogP contribution in [-0.2, 0) is 19.6 Å². The lowest BCUT2D eigenvalue weighted by Gasteiger charge is -2.31. The zero-order valence-electron chi connectivity index (χ0n) is 19.6. The maximum atomic E-state index is 13.7. The first-order valence-electron chi connectivity index (χ1n) is 11.3. The number of aromatic nitrogens is 1. The first-order valence-corrected chi connectivity index (χ1v) is 13.2. The van der Waals surface area contributed by atoms with Crippen molar-refractivity contribution in [2.75, 3.05) is 19.8 Å². The van der Waals surface area contributed by atoms with Crippen LogP contribution in [0.5, 0.6) is 0 Å². The zero-order valence-corrected chi connectivity index (χ0v) is 20.4. The van der Waals surface area contributed by atoms with Crippen LogP contribution < -0.4 is 10.6 Å². The van der Waals surface area contributed by atoms with Crippen LogP contribution in [0.3, 0.4) is 0 Å². The van der Waals surface area contributed by atoms with E-state index in [4.69, 9.17) is 0 Å². The predicted molar refractivity (Wildman–Crippen MR) is 128 cm³/mol. The molecule has 2 aliphatic rings. The van der Waals surface area contributed by atoms with Crippen LogP contribution in [0.15, 0.2) is 30.6 Å². The smallest absolute Gasteiger partial charge is 0.245 e. The molecular weight excluding hydrogens is 461 g/mol. The van der Waals surface area contributed by atoms with Crippen molar-refractivity contribution in [1.82, 2.24) is 24.8 Å². The molecule has 0 spiro atoms. The number of carbonyl (C=O) groups is 2. The van der Waals surface area contributed by atoms with E-state index >= 15 is 0 Å². The number of likely N-dealkylation sites (tertiary alicyclic amines) is 1. The number of amides is 2. The van der Waals surface area contributed by atoms with Gasteiger partial charge in [0.15, 0.2) is 0 Å². The highest BCUT2D eigenvalue weighted by atomic mass is 32.2. The second-order valence-electron chi connectivity index (χ2n) is 8.88. The van der Waals surface area contributed by atoms with Crippen molar-refractivity contribution in [2.24, 2.45) is 0 Å². The Morgan fingerprint density at radius 2 is 2.06 bits per heavy atom. The molecule has 34 heavy (non-hydrogen) atoms. The number of aromatic amines is 1. The summed E-state index contributed by atoms with van der Waals surface area (Å²) in [5, 5.41) is 6.41. The fourth-order valence-electron chi connectivity index (χ4n) is 4.85. The SMILES string of the molecule is CCC(NC(=O)C(C)NC)C(=O)N1CCC2C1C(c1c[nH]c3cc(F)ccc13)=CN2S(C)(=O)=O. The molecule has 4 rings (SSSR count). The molecule has 0 aliphatic carbocycles. The van der Waals surface area contributed by atoms with Gasteiger partial charge in [-0.05, 0) is 45.0 Å². The summed E-state index contributed by atoms with van der Waals surface area (Å²) < 4.78 is 40.2. The number of rotatable bonds is 7. The molecule has 9 nitrogen and oxygen atoms in total. The molecule has 2 aliphatic heterocycles. The number of likely N-dealkylation sites (N-methyl/N-ethyl adjacent to an activating group) is 1. The molecule has 1 saturated heterocycles. The van der Waals surface area contributed by atoms with E-state index in [0.717, 1.165) is 17.2 Å². The van der Waals surface area contributed by atoms with Gasteiger partial charge in [-0.2, -0.15) is 0 Å². The molecule has 3 N–H and O–H groups in total. The molecule has 4 atom stereocenters. The van der Waals surface area contributed by atoms with Gasteiger partial charge in [-0.15, -0.1) is 0 Å². The third-order valence-corrected chi connectivity index (χ3v) is 7.89. The van der Waals surface area contributed by atoms with Gasteiger partial charge in [0.05, 0.1) is 24.4 Å². The lowest BCUT2D eigenvalue weighted by atomic mass is 9.96. The Hall–Kier alpha value is -2.92. The lowest BCUT2D eigenvalue weighted by molar-refractivity contribution is -0.137. The second-order valence-corrected chi connectivity index (χ2v) is 10.8. The van der Waals surface area contributed by atoms with Gasteiger partial charge < -0.3 is 20.5 Å². The largest absolute Gasteiger partial charge is 0.360 e. The molecule has 0 bridgehead atoms. The average Bonchev–Trinajstić information content (AvgIpc) is 3.49. The van der Waals surface area contributed by atoms with Crippen LogP contribution in [0.4, 0.5) is 4.39 Å². The Labute approximate surface area is 198 Å². The van der Waals surface area contributed by atoms with Gasteiger partial charge in [-0.25, -0.2) is 12.8 Å². The lowest BCUT2D eigenvalue weighted by Crippen LogP contribution is -2.54. The minimum atomic E-state index is -3.58. The molecule has 11 heteroatoms. The summed E-state index contributed by atoms with van der Waals surface area (Å²) in [6, 6.07) is 2.23. The average molecular weight is 492 g/mol. The summed E-state index contributed by atoms with van der Waals surface area (Å²) in [4.78, 5) is 30.7. The molecule has 184 valence electrons.